The molecular weight excluding hydrogens is 300 g/mol. The molecule has 0 saturated heterocycles. The summed E-state index contributed by atoms with van der Waals surface area (Å²) in [6.07, 6.45) is 4.29. The third kappa shape index (κ3) is 2.61. The van der Waals surface area contributed by atoms with Gasteiger partial charge in [0.15, 0.2) is 0 Å². The SMILES string of the molecule is Cc1ccc(C#N)cc1S(=O)(=O)NC(=O)C1[C@H]2CCCC[C@H]12. The number of aryl methyl sites for hydroxylation is 1. The number of amides is 1. The van der Waals surface area contributed by atoms with Crippen molar-refractivity contribution in [2.75, 3.05) is 0 Å². The van der Waals surface area contributed by atoms with Crippen LogP contribution in [0.3, 0.4) is 0 Å². The van der Waals surface area contributed by atoms with Gasteiger partial charge >= 0.3 is 0 Å². The number of benzene rings is 1. The molecule has 6 heteroatoms. The maximum absolute atomic E-state index is 12.4. The summed E-state index contributed by atoms with van der Waals surface area (Å²) in [5.41, 5.74) is 0.783. The Morgan fingerprint density at radius 2 is 1.91 bits per heavy atom. The molecule has 116 valence electrons. The first-order valence-corrected chi connectivity index (χ1v) is 9.00. The van der Waals surface area contributed by atoms with E-state index in [1.165, 1.54) is 6.07 Å². The summed E-state index contributed by atoms with van der Waals surface area (Å²) in [5.74, 6) is 0.168. The molecule has 2 aliphatic carbocycles. The van der Waals surface area contributed by atoms with Crippen LogP contribution >= 0.6 is 0 Å². The fourth-order valence-corrected chi connectivity index (χ4v) is 4.88. The smallest absolute Gasteiger partial charge is 0.264 e. The summed E-state index contributed by atoms with van der Waals surface area (Å²) in [6.45, 7) is 1.65. The van der Waals surface area contributed by atoms with Crippen LogP contribution < -0.4 is 4.72 Å². The number of nitrogens with one attached hydrogen (secondary N) is 1. The monoisotopic (exact) mass is 318 g/mol. The summed E-state index contributed by atoms with van der Waals surface area (Å²) in [6, 6.07) is 6.37. The number of carbonyl (C=O) groups is 1. The number of sulfonamides is 1. The Bertz CT molecular complexity index is 752. The van der Waals surface area contributed by atoms with E-state index in [4.69, 9.17) is 5.26 Å². The van der Waals surface area contributed by atoms with Crippen molar-refractivity contribution in [1.82, 2.24) is 4.72 Å². The van der Waals surface area contributed by atoms with E-state index >= 15 is 0 Å². The predicted molar refractivity (Wildman–Crippen MR) is 80.2 cm³/mol. The lowest BCUT2D eigenvalue weighted by atomic mass is 10.0. The van der Waals surface area contributed by atoms with E-state index in [1.807, 2.05) is 6.07 Å². The fourth-order valence-electron chi connectivity index (χ4n) is 3.60. The van der Waals surface area contributed by atoms with Crippen molar-refractivity contribution in [2.24, 2.45) is 17.8 Å². The number of carbonyl (C=O) groups excluding carboxylic acids is 1. The molecule has 2 fully saturated rings. The van der Waals surface area contributed by atoms with Crippen LogP contribution in [0, 0.1) is 36.0 Å². The number of hydrogen-bond donors (Lipinski definition) is 1. The molecule has 3 rings (SSSR count). The summed E-state index contributed by atoms with van der Waals surface area (Å²) >= 11 is 0. The van der Waals surface area contributed by atoms with Crippen LogP contribution in [0.2, 0.25) is 0 Å². The molecule has 0 spiro atoms. The van der Waals surface area contributed by atoms with Crippen LogP contribution in [0.5, 0.6) is 0 Å². The van der Waals surface area contributed by atoms with Crippen LogP contribution in [0.4, 0.5) is 0 Å². The summed E-state index contributed by atoms with van der Waals surface area (Å²) in [7, 11) is -3.92. The Balaban J connectivity index is 1.79. The van der Waals surface area contributed by atoms with Gasteiger partial charge in [-0.3, -0.25) is 4.79 Å². The molecule has 0 radical (unpaired) electrons. The topological polar surface area (TPSA) is 87.0 Å². The van der Waals surface area contributed by atoms with E-state index in [9.17, 15) is 13.2 Å². The molecule has 5 nitrogen and oxygen atoms in total. The number of nitrogens with zero attached hydrogens (tertiary/aromatic N) is 1. The number of fused-ring (bicyclic) bond motifs is 1. The molecule has 0 unspecified atom stereocenters. The second-order valence-electron chi connectivity index (χ2n) is 6.20. The van der Waals surface area contributed by atoms with E-state index in [-0.39, 0.29) is 16.4 Å². The molecule has 2 saturated carbocycles. The van der Waals surface area contributed by atoms with Crippen molar-refractivity contribution in [3.8, 4) is 6.07 Å². The fraction of sp³-hybridized carbons (Fsp3) is 0.500. The van der Waals surface area contributed by atoms with Crippen molar-refractivity contribution < 1.29 is 13.2 Å². The Kier molecular flexibility index (Phi) is 3.69. The highest BCUT2D eigenvalue weighted by Crippen LogP contribution is 2.55. The first-order valence-electron chi connectivity index (χ1n) is 7.51. The molecule has 1 N–H and O–H groups in total. The summed E-state index contributed by atoms with van der Waals surface area (Å²) in [4.78, 5) is 12.3. The Morgan fingerprint density at radius 1 is 1.27 bits per heavy atom. The quantitative estimate of drug-likeness (QED) is 0.924. The molecular formula is C16H18N2O3S. The van der Waals surface area contributed by atoms with Crippen molar-refractivity contribution >= 4 is 15.9 Å². The highest BCUT2D eigenvalue weighted by Gasteiger charge is 2.55. The molecule has 0 aromatic heterocycles. The van der Waals surface area contributed by atoms with E-state index in [0.29, 0.717) is 17.4 Å². The maximum atomic E-state index is 12.4. The largest absolute Gasteiger partial charge is 0.274 e. The van der Waals surface area contributed by atoms with Crippen molar-refractivity contribution in [1.29, 1.82) is 5.26 Å². The maximum Gasteiger partial charge on any atom is 0.264 e. The summed E-state index contributed by atoms with van der Waals surface area (Å²) in [5, 5.41) is 8.91. The number of rotatable bonds is 3. The lowest BCUT2D eigenvalue weighted by molar-refractivity contribution is -0.121. The minimum absolute atomic E-state index is 0.00326. The Hall–Kier alpha value is -1.87. The zero-order valence-electron chi connectivity index (χ0n) is 12.4. The molecule has 2 atom stereocenters. The molecule has 1 amide bonds. The predicted octanol–water partition coefficient (Wildman–Crippen LogP) is 2.11. The minimum Gasteiger partial charge on any atom is -0.274 e. The van der Waals surface area contributed by atoms with Crippen molar-refractivity contribution in [3.63, 3.8) is 0 Å². The normalized spacial score (nSPS) is 26.6. The van der Waals surface area contributed by atoms with Crippen molar-refractivity contribution in [3.05, 3.63) is 29.3 Å². The van der Waals surface area contributed by atoms with E-state index in [0.717, 1.165) is 25.7 Å². The Labute approximate surface area is 130 Å². The van der Waals surface area contributed by atoms with Gasteiger partial charge in [0.2, 0.25) is 5.91 Å². The molecule has 0 heterocycles. The standard InChI is InChI=1S/C16H18N2O3S/c1-10-6-7-11(9-17)8-14(10)22(20,21)18-16(19)15-12-4-2-3-5-13(12)15/h6-8,12-13,15H,2-5H2,1H3,(H,18,19)/t12-,13-/m0/s1. The lowest BCUT2D eigenvalue weighted by Crippen LogP contribution is -2.33. The van der Waals surface area contributed by atoms with E-state index < -0.39 is 15.9 Å². The van der Waals surface area contributed by atoms with Gasteiger partial charge in [-0.25, -0.2) is 13.1 Å². The molecule has 2 aliphatic rings. The van der Waals surface area contributed by atoms with Gasteiger partial charge in [0, 0.05) is 5.92 Å². The first-order chi connectivity index (χ1) is 10.4. The average molecular weight is 318 g/mol. The van der Waals surface area contributed by atoms with Crippen LogP contribution in [0.25, 0.3) is 0 Å². The van der Waals surface area contributed by atoms with Gasteiger partial charge in [-0.15, -0.1) is 0 Å². The molecule has 1 aromatic carbocycles. The van der Waals surface area contributed by atoms with E-state index in [2.05, 4.69) is 4.72 Å². The highest BCUT2D eigenvalue weighted by atomic mass is 32.2. The van der Waals surface area contributed by atoms with Gasteiger partial charge in [0.1, 0.15) is 0 Å². The zero-order chi connectivity index (χ0) is 15.9. The van der Waals surface area contributed by atoms with Gasteiger partial charge in [0.25, 0.3) is 10.0 Å². The molecule has 22 heavy (non-hydrogen) atoms. The molecule has 0 bridgehead atoms. The highest BCUT2D eigenvalue weighted by molar-refractivity contribution is 7.90. The molecule has 1 aromatic rings. The third-order valence-electron chi connectivity index (χ3n) is 4.80. The Morgan fingerprint density at radius 3 is 2.50 bits per heavy atom. The zero-order valence-corrected chi connectivity index (χ0v) is 13.2. The average Bonchev–Trinajstić information content (AvgIpc) is 3.21. The third-order valence-corrected chi connectivity index (χ3v) is 6.29. The second-order valence-corrected chi connectivity index (χ2v) is 7.85. The molecule has 0 aliphatic heterocycles. The lowest BCUT2D eigenvalue weighted by Gasteiger charge is -2.09. The van der Waals surface area contributed by atoms with Gasteiger partial charge in [-0.2, -0.15) is 5.26 Å². The van der Waals surface area contributed by atoms with Gasteiger partial charge in [-0.05, 0) is 49.3 Å². The van der Waals surface area contributed by atoms with Crippen molar-refractivity contribution in [2.45, 2.75) is 37.5 Å². The van der Waals surface area contributed by atoms with E-state index in [1.54, 1.807) is 19.1 Å². The van der Waals surface area contributed by atoms with Gasteiger partial charge in [-0.1, -0.05) is 18.9 Å². The van der Waals surface area contributed by atoms with Gasteiger partial charge in [0.05, 0.1) is 16.5 Å². The first kappa shape index (κ1) is 15.0. The second kappa shape index (κ2) is 5.40. The number of hydrogen-bond acceptors (Lipinski definition) is 4. The van der Waals surface area contributed by atoms with Crippen LogP contribution in [0.1, 0.15) is 36.8 Å². The summed E-state index contributed by atoms with van der Waals surface area (Å²) < 4.78 is 27.1. The van der Waals surface area contributed by atoms with Gasteiger partial charge < -0.3 is 0 Å². The van der Waals surface area contributed by atoms with Crippen LogP contribution in [-0.2, 0) is 14.8 Å². The number of nitriles is 1. The minimum atomic E-state index is -3.92. The van der Waals surface area contributed by atoms with Crippen LogP contribution in [0.15, 0.2) is 23.1 Å². The van der Waals surface area contributed by atoms with Crippen LogP contribution in [-0.4, -0.2) is 14.3 Å².